The van der Waals surface area contributed by atoms with Gasteiger partial charge in [0.2, 0.25) is 0 Å². The standard InChI is InChI=1S/C12H19ClN4O/c1-17(8-9-3-5-14-6-4-9)11-10(13)7-15-12(16-11)18-2/h7,9,14H,3-6,8H2,1-2H3. The average Bonchev–Trinajstić information content (AvgIpc) is 2.40. The monoisotopic (exact) mass is 270 g/mol. The van der Waals surface area contributed by atoms with E-state index < -0.39 is 0 Å². The maximum Gasteiger partial charge on any atom is 0.318 e. The van der Waals surface area contributed by atoms with Gasteiger partial charge >= 0.3 is 6.01 Å². The van der Waals surface area contributed by atoms with Crippen LogP contribution in [0, 0.1) is 5.92 Å². The summed E-state index contributed by atoms with van der Waals surface area (Å²) >= 11 is 6.13. The fraction of sp³-hybridized carbons (Fsp3) is 0.667. The van der Waals surface area contributed by atoms with E-state index >= 15 is 0 Å². The number of hydrogen-bond acceptors (Lipinski definition) is 5. The van der Waals surface area contributed by atoms with Crippen LogP contribution in [0.3, 0.4) is 0 Å². The third kappa shape index (κ3) is 3.23. The SMILES string of the molecule is COc1ncc(Cl)c(N(C)CC2CCNCC2)n1. The van der Waals surface area contributed by atoms with Crippen molar-refractivity contribution >= 4 is 17.4 Å². The van der Waals surface area contributed by atoms with Crippen molar-refractivity contribution in [1.29, 1.82) is 0 Å². The van der Waals surface area contributed by atoms with E-state index in [0.29, 0.717) is 17.0 Å². The number of hydrogen-bond donors (Lipinski definition) is 1. The van der Waals surface area contributed by atoms with E-state index in [1.165, 1.54) is 12.8 Å². The lowest BCUT2D eigenvalue weighted by molar-refractivity contribution is 0.371. The summed E-state index contributed by atoms with van der Waals surface area (Å²) in [6.07, 6.45) is 3.98. The number of nitrogens with zero attached hydrogens (tertiary/aromatic N) is 3. The smallest absolute Gasteiger partial charge is 0.318 e. The van der Waals surface area contributed by atoms with Crippen LogP contribution in [0.5, 0.6) is 6.01 Å². The molecule has 2 rings (SSSR count). The molecule has 2 heterocycles. The molecule has 0 spiro atoms. The molecule has 18 heavy (non-hydrogen) atoms. The van der Waals surface area contributed by atoms with Crippen LogP contribution in [-0.4, -0.2) is 43.8 Å². The van der Waals surface area contributed by atoms with E-state index in [4.69, 9.17) is 16.3 Å². The minimum Gasteiger partial charge on any atom is -0.467 e. The maximum atomic E-state index is 6.13. The van der Waals surface area contributed by atoms with E-state index in [1.807, 2.05) is 7.05 Å². The second kappa shape index (κ2) is 6.20. The Morgan fingerprint density at radius 2 is 2.22 bits per heavy atom. The summed E-state index contributed by atoms with van der Waals surface area (Å²) < 4.78 is 5.03. The third-order valence-electron chi connectivity index (χ3n) is 3.24. The Morgan fingerprint density at radius 1 is 1.50 bits per heavy atom. The van der Waals surface area contributed by atoms with Crippen molar-refractivity contribution in [3.05, 3.63) is 11.2 Å². The number of nitrogens with one attached hydrogen (secondary N) is 1. The van der Waals surface area contributed by atoms with Crippen LogP contribution in [0.1, 0.15) is 12.8 Å². The second-order valence-electron chi connectivity index (χ2n) is 4.60. The molecular formula is C12H19ClN4O. The molecule has 0 saturated carbocycles. The van der Waals surface area contributed by atoms with Crippen molar-refractivity contribution in [2.45, 2.75) is 12.8 Å². The quantitative estimate of drug-likeness (QED) is 0.900. The summed E-state index contributed by atoms with van der Waals surface area (Å²) in [5, 5.41) is 3.93. The number of aromatic nitrogens is 2. The van der Waals surface area contributed by atoms with Crippen LogP contribution in [0.2, 0.25) is 5.02 Å². The molecule has 0 radical (unpaired) electrons. The van der Waals surface area contributed by atoms with E-state index in [1.54, 1.807) is 13.3 Å². The molecule has 0 aliphatic carbocycles. The first-order valence-corrected chi connectivity index (χ1v) is 6.57. The van der Waals surface area contributed by atoms with Crippen LogP contribution < -0.4 is 15.0 Å². The lowest BCUT2D eigenvalue weighted by Gasteiger charge is -2.28. The van der Waals surface area contributed by atoms with Crippen molar-refractivity contribution in [3.8, 4) is 6.01 Å². The van der Waals surface area contributed by atoms with Gasteiger partial charge in [0.05, 0.1) is 13.3 Å². The Bertz CT molecular complexity index is 396. The van der Waals surface area contributed by atoms with Crippen LogP contribution in [0.25, 0.3) is 0 Å². The molecule has 1 N–H and O–H groups in total. The fourth-order valence-corrected chi connectivity index (χ4v) is 2.48. The van der Waals surface area contributed by atoms with E-state index in [9.17, 15) is 0 Å². The van der Waals surface area contributed by atoms with E-state index in [2.05, 4.69) is 20.2 Å². The molecule has 0 amide bonds. The zero-order chi connectivity index (χ0) is 13.0. The molecule has 0 aromatic carbocycles. The molecule has 0 atom stereocenters. The first kappa shape index (κ1) is 13.4. The molecule has 1 aromatic rings. The molecule has 6 heteroatoms. The zero-order valence-electron chi connectivity index (χ0n) is 10.8. The third-order valence-corrected chi connectivity index (χ3v) is 3.51. The van der Waals surface area contributed by atoms with Gasteiger partial charge in [0.15, 0.2) is 5.82 Å². The van der Waals surface area contributed by atoms with E-state index in [-0.39, 0.29) is 0 Å². The molecule has 1 aromatic heterocycles. The van der Waals surface area contributed by atoms with Crippen molar-refractivity contribution in [2.75, 3.05) is 38.7 Å². The van der Waals surface area contributed by atoms with Crippen molar-refractivity contribution in [1.82, 2.24) is 15.3 Å². The predicted molar refractivity (Wildman–Crippen MR) is 72.5 cm³/mol. The normalized spacial score (nSPS) is 16.6. The van der Waals surface area contributed by atoms with Gasteiger partial charge in [-0.2, -0.15) is 4.98 Å². The summed E-state index contributed by atoms with van der Waals surface area (Å²) in [6.45, 7) is 3.15. The Kier molecular flexibility index (Phi) is 4.60. The summed E-state index contributed by atoms with van der Waals surface area (Å²) in [5.41, 5.74) is 0. The topological polar surface area (TPSA) is 50.3 Å². The number of anilines is 1. The predicted octanol–water partition coefficient (Wildman–Crippen LogP) is 1.57. The van der Waals surface area contributed by atoms with Gasteiger partial charge in [0, 0.05) is 13.6 Å². The van der Waals surface area contributed by atoms with Crippen LogP contribution in [0.4, 0.5) is 5.82 Å². The van der Waals surface area contributed by atoms with Crippen molar-refractivity contribution in [3.63, 3.8) is 0 Å². The molecule has 0 unspecified atom stereocenters. The average molecular weight is 271 g/mol. The summed E-state index contributed by atoms with van der Waals surface area (Å²) in [4.78, 5) is 10.4. The molecule has 100 valence electrons. The zero-order valence-corrected chi connectivity index (χ0v) is 11.6. The summed E-state index contributed by atoms with van der Waals surface area (Å²) in [6, 6.07) is 0.353. The fourth-order valence-electron chi connectivity index (χ4n) is 2.25. The Balaban J connectivity index is 2.04. The van der Waals surface area contributed by atoms with Gasteiger partial charge in [-0.25, -0.2) is 4.98 Å². The second-order valence-corrected chi connectivity index (χ2v) is 5.01. The highest BCUT2D eigenvalue weighted by Crippen LogP contribution is 2.25. The number of rotatable bonds is 4. The highest BCUT2D eigenvalue weighted by atomic mass is 35.5. The first-order valence-electron chi connectivity index (χ1n) is 6.19. The van der Waals surface area contributed by atoms with Crippen LogP contribution in [-0.2, 0) is 0 Å². The number of ether oxygens (including phenoxy) is 1. The van der Waals surface area contributed by atoms with Gasteiger partial charge in [0.25, 0.3) is 0 Å². The Hall–Kier alpha value is -1.07. The first-order chi connectivity index (χ1) is 8.70. The Morgan fingerprint density at radius 3 is 2.89 bits per heavy atom. The van der Waals surface area contributed by atoms with E-state index in [0.717, 1.165) is 25.5 Å². The number of piperidine rings is 1. The van der Waals surface area contributed by atoms with Gasteiger partial charge in [-0.05, 0) is 31.8 Å². The molecule has 1 aliphatic rings. The number of methoxy groups -OCH3 is 1. The highest BCUT2D eigenvalue weighted by Gasteiger charge is 2.18. The molecule has 5 nitrogen and oxygen atoms in total. The minimum atomic E-state index is 0.353. The molecule has 1 fully saturated rings. The van der Waals surface area contributed by atoms with Crippen molar-refractivity contribution in [2.24, 2.45) is 5.92 Å². The lowest BCUT2D eigenvalue weighted by atomic mass is 9.98. The van der Waals surface area contributed by atoms with Gasteiger partial charge in [0.1, 0.15) is 5.02 Å². The molecule has 1 aliphatic heterocycles. The van der Waals surface area contributed by atoms with Gasteiger partial charge < -0.3 is 15.0 Å². The molecular weight excluding hydrogens is 252 g/mol. The van der Waals surface area contributed by atoms with Crippen LogP contribution in [0.15, 0.2) is 6.20 Å². The van der Waals surface area contributed by atoms with Gasteiger partial charge in [-0.1, -0.05) is 11.6 Å². The number of halogens is 1. The lowest BCUT2D eigenvalue weighted by Crippen LogP contribution is -2.35. The summed E-state index contributed by atoms with van der Waals surface area (Å²) in [7, 11) is 3.56. The minimum absolute atomic E-state index is 0.353. The van der Waals surface area contributed by atoms with Crippen molar-refractivity contribution < 1.29 is 4.74 Å². The largest absolute Gasteiger partial charge is 0.467 e. The summed E-state index contributed by atoms with van der Waals surface area (Å²) in [5.74, 6) is 1.43. The molecule has 0 bridgehead atoms. The van der Waals surface area contributed by atoms with Gasteiger partial charge in [-0.15, -0.1) is 0 Å². The van der Waals surface area contributed by atoms with Gasteiger partial charge in [-0.3, -0.25) is 0 Å². The highest BCUT2D eigenvalue weighted by molar-refractivity contribution is 6.32. The Labute approximate surface area is 113 Å². The maximum absolute atomic E-state index is 6.13. The molecule has 1 saturated heterocycles. The van der Waals surface area contributed by atoms with Crippen LogP contribution >= 0.6 is 11.6 Å².